The lowest BCUT2D eigenvalue weighted by molar-refractivity contribution is -0.119. The molecular formula is C24H30F2N4O6. The third-order valence-electron chi connectivity index (χ3n) is 5.17. The number of aromatic nitrogens is 3. The Hall–Kier alpha value is -3.64. The van der Waals surface area contributed by atoms with E-state index in [1.54, 1.807) is 6.92 Å². The second-order valence-corrected chi connectivity index (χ2v) is 8.56. The maximum atomic E-state index is 14.7. The van der Waals surface area contributed by atoms with Crippen molar-refractivity contribution in [1.29, 1.82) is 0 Å². The van der Waals surface area contributed by atoms with Crippen LogP contribution in [0.3, 0.4) is 0 Å². The second-order valence-electron chi connectivity index (χ2n) is 8.56. The number of aliphatic hydroxyl groups excluding tert-OH is 2. The van der Waals surface area contributed by atoms with E-state index in [9.17, 15) is 23.8 Å². The van der Waals surface area contributed by atoms with Crippen molar-refractivity contribution in [2.75, 3.05) is 18.5 Å². The number of aromatic hydroxyl groups is 1. The molecule has 2 heterocycles. The summed E-state index contributed by atoms with van der Waals surface area (Å²) < 4.78 is 42.1. The molecule has 3 aromatic rings. The Morgan fingerprint density at radius 2 is 2.00 bits per heavy atom. The maximum Gasteiger partial charge on any atom is 0.248 e. The average Bonchev–Trinajstić information content (AvgIpc) is 3.42. The highest BCUT2D eigenvalue weighted by molar-refractivity contribution is 5.93. The van der Waals surface area contributed by atoms with E-state index in [1.807, 2.05) is 13.8 Å². The number of amides is 1. The Labute approximate surface area is 206 Å². The number of benzene rings is 1. The fourth-order valence-corrected chi connectivity index (χ4v) is 3.55. The molecule has 10 nitrogen and oxygen atoms in total. The Morgan fingerprint density at radius 3 is 2.67 bits per heavy atom. The van der Waals surface area contributed by atoms with E-state index in [0.29, 0.717) is 6.42 Å². The highest BCUT2D eigenvalue weighted by Gasteiger charge is 2.26. The van der Waals surface area contributed by atoms with Crippen molar-refractivity contribution in [1.82, 2.24) is 14.3 Å². The molecule has 4 N–H and O–H groups in total. The van der Waals surface area contributed by atoms with Crippen molar-refractivity contribution in [3.05, 3.63) is 48.3 Å². The van der Waals surface area contributed by atoms with Gasteiger partial charge in [-0.15, -0.1) is 0 Å². The minimum Gasteiger partial charge on any atom is -0.494 e. The molecule has 0 aliphatic rings. The number of nitrogens with one attached hydrogen (secondary N) is 1. The first-order valence-electron chi connectivity index (χ1n) is 11.5. The number of hydrogen-bond donors (Lipinski definition) is 4. The molecule has 12 heteroatoms. The van der Waals surface area contributed by atoms with Gasteiger partial charge in [0.15, 0.2) is 23.3 Å². The molecule has 36 heavy (non-hydrogen) atoms. The minimum absolute atomic E-state index is 0.0402. The normalized spacial score (nSPS) is 13.0. The van der Waals surface area contributed by atoms with Gasteiger partial charge in [0.2, 0.25) is 17.5 Å². The van der Waals surface area contributed by atoms with Gasteiger partial charge in [0.05, 0.1) is 32.1 Å². The van der Waals surface area contributed by atoms with Gasteiger partial charge < -0.3 is 34.7 Å². The maximum absolute atomic E-state index is 14.7. The van der Waals surface area contributed by atoms with Crippen LogP contribution < -0.4 is 14.8 Å². The molecule has 0 spiro atoms. The Morgan fingerprint density at radius 1 is 1.25 bits per heavy atom. The zero-order valence-corrected chi connectivity index (χ0v) is 20.2. The number of anilines is 1. The van der Waals surface area contributed by atoms with E-state index in [4.69, 9.17) is 14.6 Å². The molecule has 0 saturated carbocycles. The van der Waals surface area contributed by atoms with Gasteiger partial charge in [0.1, 0.15) is 11.8 Å². The molecule has 3 rings (SSSR count). The van der Waals surface area contributed by atoms with Gasteiger partial charge in [0.25, 0.3) is 0 Å². The summed E-state index contributed by atoms with van der Waals surface area (Å²) in [5, 5.41) is 35.9. The van der Waals surface area contributed by atoms with Crippen molar-refractivity contribution < 1.29 is 38.4 Å². The smallest absolute Gasteiger partial charge is 0.248 e. The summed E-state index contributed by atoms with van der Waals surface area (Å²) in [6.07, 6.45) is 2.14. The van der Waals surface area contributed by atoms with Crippen molar-refractivity contribution in [3.8, 4) is 23.1 Å². The first-order valence-corrected chi connectivity index (χ1v) is 11.5. The number of carbonyl (C=O) groups is 1. The molecule has 2 atom stereocenters. The first kappa shape index (κ1) is 27.0. The molecule has 0 saturated heterocycles. The lowest BCUT2D eigenvalue weighted by Crippen LogP contribution is -2.27. The molecule has 1 amide bonds. The Kier molecular flexibility index (Phi) is 8.88. The fourth-order valence-electron chi connectivity index (χ4n) is 3.55. The van der Waals surface area contributed by atoms with Gasteiger partial charge in [0, 0.05) is 18.3 Å². The van der Waals surface area contributed by atoms with Crippen molar-refractivity contribution >= 4 is 11.7 Å². The van der Waals surface area contributed by atoms with Crippen LogP contribution in [-0.2, 0) is 11.3 Å². The third-order valence-corrected chi connectivity index (χ3v) is 5.17. The van der Waals surface area contributed by atoms with E-state index >= 15 is 0 Å². The molecule has 0 aliphatic carbocycles. The predicted octanol–water partition coefficient (Wildman–Crippen LogP) is 3.44. The molecule has 0 bridgehead atoms. The van der Waals surface area contributed by atoms with Crippen molar-refractivity contribution in [2.24, 2.45) is 5.92 Å². The quantitative estimate of drug-likeness (QED) is 0.295. The number of aliphatic hydroxyl groups is 2. The number of ether oxygens (including phenoxy) is 2. The van der Waals surface area contributed by atoms with Crippen LogP contribution in [0.4, 0.5) is 14.6 Å². The summed E-state index contributed by atoms with van der Waals surface area (Å²) >= 11 is 0. The number of nitrogens with zero attached hydrogens (tertiary/aromatic N) is 3. The average molecular weight is 509 g/mol. The molecule has 1 aromatic carbocycles. The number of rotatable bonds is 12. The second kappa shape index (κ2) is 11.9. The standard InChI is InChI=1S/C24H30F2N4O6/c1-4-35-19-6-5-17(25)23(22(19)26)36-16-10-21(33)30(12-16)18(9-14(2)3)24(34)27-20-7-8-29(28-20)11-15(32)13-31/h5-8,10,12,14-15,18,31-33H,4,9,11,13H2,1-3H3,(H,27,28,34)/t15-,18+/m1/s1. The molecule has 2 aromatic heterocycles. The summed E-state index contributed by atoms with van der Waals surface area (Å²) in [5.41, 5.74) is 0. The van der Waals surface area contributed by atoms with Crippen LogP contribution in [0.15, 0.2) is 36.7 Å². The zero-order valence-electron chi connectivity index (χ0n) is 20.2. The van der Waals surface area contributed by atoms with Crippen molar-refractivity contribution in [3.63, 3.8) is 0 Å². The van der Waals surface area contributed by atoms with Crippen LogP contribution in [0.25, 0.3) is 0 Å². The van der Waals surface area contributed by atoms with Gasteiger partial charge in [-0.1, -0.05) is 13.8 Å². The molecule has 196 valence electrons. The lowest BCUT2D eigenvalue weighted by atomic mass is 10.0. The van der Waals surface area contributed by atoms with E-state index < -0.39 is 42.0 Å². The summed E-state index contributed by atoms with van der Waals surface area (Å²) in [7, 11) is 0. The largest absolute Gasteiger partial charge is 0.494 e. The Bertz CT molecular complexity index is 1180. The van der Waals surface area contributed by atoms with Crippen molar-refractivity contribution in [2.45, 2.75) is 45.9 Å². The molecule has 0 aliphatic heterocycles. The summed E-state index contributed by atoms with van der Waals surface area (Å²) in [6, 6.07) is 3.93. The molecule has 0 fully saturated rings. The topological polar surface area (TPSA) is 131 Å². The summed E-state index contributed by atoms with van der Waals surface area (Å²) in [6.45, 7) is 5.23. The fraction of sp³-hybridized carbons (Fsp3) is 0.417. The Balaban J connectivity index is 1.83. The van der Waals surface area contributed by atoms with Gasteiger partial charge in [-0.25, -0.2) is 4.39 Å². The van der Waals surface area contributed by atoms with Crippen LogP contribution in [0.2, 0.25) is 0 Å². The van der Waals surface area contributed by atoms with Gasteiger partial charge >= 0.3 is 0 Å². The highest BCUT2D eigenvalue weighted by atomic mass is 19.1. The minimum atomic E-state index is -1.03. The number of hydrogen-bond acceptors (Lipinski definition) is 7. The number of halogens is 2. The van der Waals surface area contributed by atoms with Crippen LogP contribution in [0.5, 0.6) is 23.1 Å². The van der Waals surface area contributed by atoms with E-state index in [2.05, 4.69) is 10.4 Å². The van der Waals surface area contributed by atoms with Gasteiger partial charge in [-0.3, -0.25) is 9.48 Å². The lowest BCUT2D eigenvalue weighted by Gasteiger charge is -2.20. The van der Waals surface area contributed by atoms with E-state index in [1.165, 1.54) is 27.7 Å². The molecule has 0 unspecified atom stereocenters. The summed E-state index contributed by atoms with van der Waals surface area (Å²) in [5.74, 6) is -3.53. The predicted molar refractivity (Wildman–Crippen MR) is 126 cm³/mol. The molecular weight excluding hydrogens is 478 g/mol. The van der Waals surface area contributed by atoms with E-state index in [-0.39, 0.29) is 42.3 Å². The SMILES string of the molecule is CCOc1ccc(F)c(Oc2cc(O)n([C@@H](CC(C)C)C(=O)Nc3ccn(C[C@@H](O)CO)n3)c2)c1F. The van der Waals surface area contributed by atoms with Crippen LogP contribution in [0, 0.1) is 17.6 Å². The van der Waals surface area contributed by atoms with Gasteiger partial charge in [-0.05, 0) is 31.4 Å². The van der Waals surface area contributed by atoms with Crippen LogP contribution >= 0.6 is 0 Å². The number of carbonyl (C=O) groups excluding carboxylic acids is 1. The van der Waals surface area contributed by atoms with Crippen LogP contribution in [0.1, 0.15) is 33.2 Å². The molecule has 0 radical (unpaired) electrons. The summed E-state index contributed by atoms with van der Waals surface area (Å²) in [4.78, 5) is 13.1. The monoisotopic (exact) mass is 508 g/mol. The zero-order chi connectivity index (χ0) is 26.4. The van der Waals surface area contributed by atoms with E-state index in [0.717, 1.165) is 18.2 Å². The van der Waals surface area contributed by atoms with Crippen LogP contribution in [-0.4, -0.2) is 54.9 Å². The van der Waals surface area contributed by atoms with Gasteiger partial charge in [-0.2, -0.15) is 9.49 Å². The first-order chi connectivity index (χ1) is 17.1. The third kappa shape index (κ3) is 6.52. The highest BCUT2D eigenvalue weighted by Crippen LogP contribution is 2.36.